The monoisotopic (exact) mass is 485 g/mol. The predicted octanol–water partition coefficient (Wildman–Crippen LogP) is 3.59. The molecule has 0 spiro atoms. The molecule has 0 aromatic carbocycles. The average molecular weight is 486 g/mol. The highest BCUT2D eigenvalue weighted by molar-refractivity contribution is 8.11. The SMILES string of the molecule is CC1(C)OC(=O)Nc2ncc(N(S(=O)(=O)c3cccs3)S(=O)(=O)c3cccs3)cc21. The molecule has 0 atom stereocenters. The fourth-order valence-corrected chi connectivity index (χ4v) is 8.94. The molecule has 0 fully saturated rings. The number of hydrogen-bond donors (Lipinski definition) is 1. The third-order valence-corrected chi connectivity index (χ3v) is 11.2. The van der Waals surface area contributed by atoms with Crippen molar-refractivity contribution in [3.05, 3.63) is 52.9 Å². The standard InChI is InChI=1S/C17H15N3O6S4/c1-17(2)12-9-11(10-18-15(12)19-16(21)26-17)20(29(22,23)13-5-3-7-27-13)30(24,25)14-6-4-8-28-14/h3-10H,1-2H3,(H,18,19,21). The summed E-state index contributed by atoms with van der Waals surface area (Å²) in [5.74, 6) is 0.169. The summed E-state index contributed by atoms with van der Waals surface area (Å²) in [4.78, 5) is 15.8. The van der Waals surface area contributed by atoms with Crippen molar-refractivity contribution in [2.75, 3.05) is 9.03 Å². The predicted molar refractivity (Wildman–Crippen MR) is 113 cm³/mol. The summed E-state index contributed by atoms with van der Waals surface area (Å²) in [7, 11) is -8.93. The van der Waals surface area contributed by atoms with E-state index in [1.165, 1.54) is 30.3 Å². The molecule has 1 aliphatic rings. The minimum Gasteiger partial charge on any atom is -0.438 e. The van der Waals surface area contributed by atoms with Gasteiger partial charge >= 0.3 is 6.09 Å². The van der Waals surface area contributed by atoms with Crippen molar-refractivity contribution in [3.8, 4) is 0 Å². The molecule has 0 saturated heterocycles. The molecule has 0 saturated carbocycles. The molecule has 4 heterocycles. The Kier molecular flexibility index (Phi) is 4.88. The van der Waals surface area contributed by atoms with E-state index in [4.69, 9.17) is 4.74 Å². The highest BCUT2D eigenvalue weighted by Crippen LogP contribution is 2.39. The Balaban J connectivity index is 1.96. The first-order valence-corrected chi connectivity index (χ1v) is 13.1. The normalized spacial score (nSPS) is 15.7. The summed E-state index contributed by atoms with van der Waals surface area (Å²) in [6.07, 6.45) is 0.388. The minimum atomic E-state index is -4.47. The number of sulfonamides is 2. The molecule has 0 radical (unpaired) electrons. The van der Waals surface area contributed by atoms with Gasteiger partial charge in [-0.05, 0) is 42.8 Å². The Bertz CT molecular complexity index is 1250. The number of rotatable bonds is 5. The molecular formula is C17H15N3O6S4. The highest BCUT2D eigenvalue weighted by atomic mass is 32.3. The topological polar surface area (TPSA) is 123 Å². The fraction of sp³-hybridized carbons (Fsp3) is 0.176. The molecule has 158 valence electrons. The number of fused-ring (bicyclic) bond motifs is 1. The number of nitrogens with one attached hydrogen (secondary N) is 1. The van der Waals surface area contributed by atoms with Gasteiger partial charge in [0.2, 0.25) is 0 Å². The first-order chi connectivity index (χ1) is 14.0. The van der Waals surface area contributed by atoms with Gasteiger partial charge in [0.05, 0.1) is 11.9 Å². The molecule has 0 unspecified atom stereocenters. The molecular weight excluding hydrogens is 470 g/mol. The third-order valence-electron chi connectivity index (χ3n) is 4.24. The van der Waals surface area contributed by atoms with Gasteiger partial charge in [-0.2, -0.15) is 20.5 Å². The van der Waals surface area contributed by atoms with Gasteiger partial charge in [0.25, 0.3) is 20.0 Å². The number of aromatic nitrogens is 1. The number of thiophene rings is 2. The number of anilines is 2. The van der Waals surface area contributed by atoms with Gasteiger partial charge in [-0.15, -0.1) is 22.7 Å². The van der Waals surface area contributed by atoms with Crippen molar-refractivity contribution in [1.82, 2.24) is 4.98 Å². The Morgan fingerprint density at radius 3 is 2.10 bits per heavy atom. The van der Waals surface area contributed by atoms with Crippen LogP contribution in [0, 0.1) is 0 Å². The number of carbonyl (C=O) groups is 1. The molecule has 3 aromatic rings. The molecule has 30 heavy (non-hydrogen) atoms. The lowest BCUT2D eigenvalue weighted by Crippen LogP contribution is -2.38. The van der Waals surface area contributed by atoms with Crippen molar-refractivity contribution in [2.45, 2.75) is 27.9 Å². The summed E-state index contributed by atoms with van der Waals surface area (Å²) in [6, 6.07) is 7.04. The second-order valence-corrected chi connectivity index (χ2v) is 12.8. The van der Waals surface area contributed by atoms with Crippen LogP contribution in [0.1, 0.15) is 19.4 Å². The third kappa shape index (κ3) is 3.37. The van der Waals surface area contributed by atoms with Crippen LogP contribution in [-0.2, 0) is 30.4 Å². The number of hydrogen-bond acceptors (Lipinski definition) is 9. The molecule has 4 rings (SSSR count). The molecule has 0 aliphatic carbocycles. The van der Waals surface area contributed by atoms with E-state index in [1.807, 2.05) is 0 Å². The number of ether oxygens (including phenoxy) is 1. The van der Waals surface area contributed by atoms with Crippen molar-refractivity contribution in [3.63, 3.8) is 0 Å². The zero-order valence-electron chi connectivity index (χ0n) is 15.6. The van der Waals surface area contributed by atoms with Crippen molar-refractivity contribution >= 4 is 60.3 Å². The van der Waals surface area contributed by atoms with Gasteiger partial charge in [-0.1, -0.05) is 12.1 Å². The quantitative estimate of drug-likeness (QED) is 0.586. The number of amides is 1. The van der Waals surface area contributed by atoms with Gasteiger partial charge in [0.15, 0.2) is 0 Å². The summed E-state index contributed by atoms with van der Waals surface area (Å²) in [5.41, 5.74) is -0.998. The summed E-state index contributed by atoms with van der Waals surface area (Å²) >= 11 is 1.80. The summed E-state index contributed by atoms with van der Waals surface area (Å²) in [6.45, 7) is 3.20. The number of nitrogens with zero attached hydrogens (tertiary/aromatic N) is 2. The zero-order chi connectivity index (χ0) is 21.7. The maximum absolute atomic E-state index is 13.4. The van der Waals surface area contributed by atoms with Crippen LogP contribution in [0.15, 0.2) is 55.7 Å². The first-order valence-electron chi connectivity index (χ1n) is 8.41. The number of cyclic esters (lactones) is 1. The second kappa shape index (κ2) is 7.04. The van der Waals surface area contributed by atoms with Crippen molar-refractivity contribution in [1.29, 1.82) is 0 Å². The summed E-state index contributed by atoms with van der Waals surface area (Å²) in [5, 5.41) is 5.51. The maximum Gasteiger partial charge on any atom is 0.413 e. The largest absolute Gasteiger partial charge is 0.438 e. The van der Waals surface area contributed by atoms with E-state index < -0.39 is 31.7 Å². The van der Waals surface area contributed by atoms with Crippen LogP contribution in [0.5, 0.6) is 0 Å². The van der Waals surface area contributed by atoms with Crippen molar-refractivity contribution in [2.24, 2.45) is 0 Å². The lowest BCUT2D eigenvalue weighted by Gasteiger charge is -2.32. The van der Waals surface area contributed by atoms with Crippen molar-refractivity contribution < 1.29 is 26.4 Å². The van der Waals surface area contributed by atoms with Crippen LogP contribution in [0.4, 0.5) is 16.3 Å². The summed E-state index contributed by atoms with van der Waals surface area (Å²) < 4.78 is 58.8. The maximum atomic E-state index is 13.4. The molecule has 13 heteroatoms. The molecule has 1 amide bonds. The molecule has 3 aromatic heterocycles. The Hall–Kier alpha value is -2.48. The number of carbonyl (C=O) groups excluding carboxylic acids is 1. The molecule has 1 N–H and O–H groups in total. The lowest BCUT2D eigenvalue weighted by atomic mass is 9.97. The van der Waals surface area contributed by atoms with E-state index in [1.54, 1.807) is 24.6 Å². The van der Waals surface area contributed by atoms with Crippen LogP contribution < -0.4 is 9.03 Å². The van der Waals surface area contributed by atoms with E-state index in [0.29, 0.717) is 9.27 Å². The zero-order valence-corrected chi connectivity index (χ0v) is 18.9. The fourth-order valence-electron chi connectivity index (χ4n) is 2.91. The molecule has 1 aliphatic heterocycles. The minimum absolute atomic E-state index is 0.135. The van der Waals surface area contributed by atoms with Crippen LogP contribution in [-0.4, -0.2) is 27.9 Å². The van der Waals surface area contributed by atoms with Crippen LogP contribution in [0.3, 0.4) is 0 Å². The smallest absolute Gasteiger partial charge is 0.413 e. The van der Waals surface area contributed by atoms with Crippen LogP contribution in [0.25, 0.3) is 0 Å². The Morgan fingerprint density at radius 2 is 1.60 bits per heavy atom. The lowest BCUT2D eigenvalue weighted by molar-refractivity contribution is 0.0416. The van der Waals surface area contributed by atoms with Gasteiger partial charge < -0.3 is 4.74 Å². The molecule has 9 nitrogen and oxygen atoms in total. The second-order valence-electron chi connectivity index (χ2n) is 6.69. The number of pyridine rings is 1. The van der Waals surface area contributed by atoms with Gasteiger partial charge in [-0.25, -0.2) is 9.78 Å². The van der Waals surface area contributed by atoms with Gasteiger partial charge in [0.1, 0.15) is 19.8 Å². The first kappa shape index (κ1) is 20.8. The van der Waals surface area contributed by atoms with E-state index in [2.05, 4.69) is 10.3 Å². The van der Waals surface area contributed by atoms with Gasteiger partial charge in [-0.3, -0.25) is 5.32 Å². The molecule has 0 bridgehead atoms. The highest BCUT2D eigenvalue weighted by Gasteiger charge is 2.41. The van der Waals surface area contributed by atoms with E-state index in [0.717, 1.165) is 28.9 Å². The Labute approximate surface area is 181 Å². The van der Waals surface area contributed by atoms with Crippen LogP contribution in [0.2, 0.25) is 0 Å². The average Bonchev–Trinajstić information content (AvgIpc) is 3.36. The van der Waals surface area contributed by atoms with Crippen LogP contribution >= 0.6 is 22.7 Å². The Morgan fingerprint density at radius 1 is 1.03 bits per heavy atom. The van der Waals surface area contributed by atoms with Gasteiger partial charge in [0, 0.05) is 5.56 Å². The van der Waals surface area contributed by atoms with E-state index in [9.17, 15) is 21.6 Å². The van der Waals surface area contributed by atoms with E-state index in [-0.39, 0.29) is 19.9 Å². The van der Waals surface area contributed by atoms with E-state index >= 15 is 0 Å².